The Bertz CT molecular complexity index is 549. The van der Waals surface area contributed by atoms with Crippen LogP contribution in [0.25, 0.3) is 0 Å². The molecule has 19 heavy (non-hydrogen) atoms. The zero-order valence-electron chi connectivity index (χ0n) is 10.8. The Morgan fingerprint density at radius 3 is 2.79 bits per heavy atom. The first kappa shape index (κ1) is 15.6. The van der Waals surface area contributed by atoms with Crippen LogP contribution in [0.15, 0.2) is 29.2 Å². The first-order valence-corrected chi connectivity index (χ1v) is 7.62. The van der Waals surface area contributed by atoms with E-state index < -0.39 is 10.0 Å². The molecular formula is C13H18N2O3S. The molecule has 1 rings (SSSR count). The molecule has 0 saturated carbocycles. The van der Waals surface area contributed by atoms with Crippen molar-refractivity contribution in [1.82, 2.24) is 4.72 Å². The van der Waals surface area contributed by atoms with Crippen LogP contribution >= 0.6 is 0 Å². The lowest BCUT2D eigenvalue weighted by Gasteiger charge is -2.14. The van der Waals surface area contributed by atoms with Crippen LogP contribution in [0.2, 0.25) is 0 Å². The molecule has 5 nitrogen and oxygen atoms in total. The molecule has 0 fully saturated rings. The maximum absolute atomic E-state index is 12.0. The van der Waals surface area contributed by atoms with Crippen LogP contribution in [-0.4, -0.2) is 26.7 Å². The minimum Gasteiger partial charge on any atom is -0.396 e. The Morgan fingerprint density at radius 1 is 1.47 bits per heavy atom. The molecule has 1 atom stereocenters. The molecule has 6 heteroatoms. The topological polar surface area (TPSA) is 90.2 Å². The first-order valence-electron chi connectivity index (χ1n) is 6.14. The number of nitriles is 1. The molecule has 0 saturated heterocycles. The van der Waals surface area contributed by atoms with Crippen molar-refractivity contribution in [2.45, 2.75) is 24.7 Å². The van der Waals surface area contributed by atoms with Gasteiger partial charge >= 0.3 is 0 Å². The van der Waals surface area contributed by atoms with Crippen molar-refractivity contribution < 1.29 is 13.5 Å². The highest BCUT2D eigenvalue weighted by Crippen LogP contribution is 2.12. The molecule has 2 N–H and O–H groups in total. The number of aliphatic hydroxyl groups is 1. The van der Waals surface area contributed by atoms with E-state index in [-0.39, 0.29) is 24.0 Å². The van der Waals surface area contributed by atoms with Gasteiger partial charge in [0, 0.05) is 13.2 Å². The summed E-state index contributed by atoms with van der Waals surface area (Å²) in [5.74, 6) is 0.110. The van der Waals surface area contributed by atoms with Crippen molar-refractivity contribution in [2.75, 3.05) is 13.2 Å². The molecule has 104 valence electrons. The highest BCUT2D eigenvalue weighted by atomic mass is 32.2. The molecule has 1 unspecified atom stereocenters. The Hall–Kier alpha value is -1.42. The van der Waals surface area contributed by atoms with Crippen molar-refractivity contribution in [2.24, 2.45) is 5.92 Å². The quantitative estimate of drug-likeness (QED) is 0.787. The van der Waals surface area contributed by atoms with Crippen molar-refractivity contribution in [3.63, 3.8) is 0 Å². The van der Waals surface area contributed by atoms with E-state index in [1.54, 1.807) is 6.07 Å². The standard InChI is InChI=1S/C13H18N2O3S/c1-2-11(6-7-16)10-15-19(17,18)13-5-3-4-12(8-13)9-14/h3-5,8,11,15-16H,2,6-7,10H2,1H3. The summed E-state index contributed by atoms with van der Waals surface area (Å²) in [6, 6.07) is 7.80. The van der Waals surface area contributed by atoms with Crippen molar-refractivity contribution in [3.8, 4) is 6.07 Å². The van der Waals surface area contributed by atoms with Crippen LogP contribution in [0.5, 0.6) is 0 Å². The van der Waals surface area contributed by atoms with E-state index in [2.05, 4.69) is 4.72 Å². The largest absolute Gasteiger partial charge is 0.396 e. The van der Waals surface area contributed by atoms with Crippen LogP contribution in [0.1, 0.15) is 25.3 Å². The number of hydrogen-bond donors (Lipinski definition) is 2. The lowest BCUT2D eigenvalue weighted by atomic mass is 10.0. The lowest BCUT2D eigenvalue weighted by Crippen LogP contribution is -2.29. The predicted molar refractivity (Wildman–Crippen MR) is 71.8 cm³/mol. The molecule has 0 radical (unpaired) electrons. The number of aliphatic hydroxyl groups excluding tert-OH is 1. The van der Waals surface area contributed by atoms with Gasteiger partial charge in [0.1, 0.15) is 0 Å². The number of nitrogens with one attached hydrogen (secondary N) is 1. The lowest BCUT2D eigenvalue weighted by molar-refractivity contribution is 0.254. The molecule has 0 aliphatic carbocycles. The summed E-state index contributed by atoms with van der Waals surface area (Å²) < 4.78 is 26.6. The second-order valence-electron chi connectivity index (χ2n) is 4.28. The summed E-state index contributed by atoms with van der Waals surface area (Å²) in [5, 5.41) is 17.6. The smallest absolute Gasteiger partial charge is 0.240 e. The van der Waals surface area contributed by atoms with Gasteiger partial charge in [-0.1, -0.05) is 19.4 Å². The van der Waals surface area contributed by atoms with Crippen molar-refractivity contribution in [3.05, 3.63) is 29.8 Å². The molecule has 0 aliphatic rings. The SMILES string of the molecule is CCC(CCO)CNS(=O)(=O)c1cccc(C#N)c1. The highest BCUT2D eigenvalue weighted by Gasteiger charge is 2.16. The minimum atomic E-state index is -3.60. The van der Waals surface area contributed by atoms with E-state index in [4.69, 9.17) is 10.4 Å². The fourth-order valence-corrected chi connectivity index (χ4v) is 2.84. The maximum atomic E-state index is 12.0. The van der Waals surface area contributed by atoms with Crippen LogP contribution in [-0.2, 0) is 10.0 Å². The molecule has 0 heterocycles. The van der Waals surface area contributed by atoms with E-state index in [0.717, 1.165) is 6.42 Å². The Balaban J connectivity index is 2.78. The molecule has 0 spiro atoms. The summed E-state index contributed by atoms with van der Waals surface area (Å²) >= 11 is 0. The third-order valence-electron chi connectivity index (χ3n) is 2.95. The van der Waals surface area contributed by atoms with E-state index >= 15 is 0 Å². The maximum Gasteiger partial charge on any atom is 0.240 e. The second kappa shape index (κ2) is 7.24. The van der Waals surface area contributed by atoms with Crippen LogP contribution in [0, 0.1) is 17.2 Å². The number of nitrogens with zero attached hydrogens (tertiary/aromatic N) is 1. The summed E-state index contributed by atoms with van der Waals surface area (Å²) in [7, 11) is -3.60. The Kier molecular flexibility index (Phi) is 5.96. The zero-order chi connectivity index (χ0) is 14.3. The van der Waals surface area contributed by atoms with Gasteiger partial charge in [0.15, 0.2) is 0 Å². The third-order valence-corrected chi connectivity index (χ3v) is 4.37. The molecule has 0 aromatic heterocycles. The molecule has 0 bridgehead atoms. The van der Waals surface area contributed by atoms with Gasteiger partial charge in [0.25, 0.3) is 0 Å². The number of hydrogen-bond acceptors (Lipinski definition) is 4. The predicted octanol–water partition coefficient (Wildman–Crippen LogP) is 1.25. The molecule has 1 aromatic rings. The van der Waals surface area contributed by atoms with Crippen LogP contribution in [0.4, 0.5) is 0 Å². The van der Waals surface area contributed by atoms with Gasteiger partial charge in [-0.05, 0) is 30.5 Å². The highest BCUT2D eigenvalue weighted by molar-refractivity contribution is 7.89. The monoisotopic (exact) mass is 282 g/mol. The van der Waals surface area contributed by atoms with E-state index in [0.29, 0.717) is 12.0 Å². The second-order valence-corrected chi connectivity index (χ2v) is 6.05. The molecular weight excluding hydrogens is 264 g/mol. The van der Waals surface area contributed by atoms with E-state index in [1.165, 1.54) is 18.2 Å². The molecule has 0 aliphatic heterocycles. The summed E-state index contributed by atoms with van der Waals surface area (Å²) in [4.78, 5) is 0.0883. The summed E-state index contributed by atoms with van der Waals surface area (Å²) in [6.07, 6.45) is 1.36. The fraction of sp³-hybridized carbons (Fsp3) is 0.462. The van der Waals surface area contributed by atoms with Crippen LogP contribution < -0.4 is 4.72 Å². The van der Waals surface area contributed by atoms with Gasteiger partial charge in [0.05, 0.1) is 16.5 Å². The van der Waals surface area contributed by atoms with Crippen LogP contribution in [0.3, 0.4) is 0 Å². The van der Waals surface area contributed by atoms with E-state index in [1.807, 2.05) is 13.0 Å². The molecule has 0 amide bonds. The average molecular weight is 282 g/mol. The first-order chi connectivity index (χ1) is 9.03. The minimum absolute atomic E-state index is 0.0458. The zero-order valence-corrected chi connectivity index (χ0v) is 11.7. The normalized spacial score (nSPS) is 12.9. The van der Waals surface area contributed by atoms with E-state index in [9.17, 15) is 8.42 Å². The van der Waals surface area contributed by atoms with Gasteiger partial charge < -0.3 is 5.11 Å². The number of benzene rings is 1. The van der Waals surface area contributed by atoms with Crippen molar-refractivity contribution in [1.29, 1.82) is 5.26 Å². The Labute approximate surface area is 113 Å². The Morgan fingerprint density at radius 2 is 2.21 bits per heavy atom. The summed E-state index contributed by atoms with van der Waals surface area (Å²) in [6.45, 7) is 2.28. The number of rotatable bonds is 7. The number of sulfonamides is 1. The third kappa shape index (κ3) is 4.63. The van der Waals surface area contributed by atoms with Gasteiger partial charge in [-0.2, -0.15) is 5.26 Å². The van der Waals surface area contributed by atoms with Gasteiger partial charge in [-0.25, -0.2) is 13.1 Å². The van der Waals surface area contributed by atoms with Gasteiger partial charge in [-0.15, -0.1) is 0 Å². The van der Waals surface area contributed by atoms with Crippen molar-refractivity contribution >= 4 is 10.0 Å². The average Bonchev–Trinajstić information content (AvgIpc) is 2.43. The molecule has 1 aromatic carbocycles. The van der Waals surface area contributed by atoms with Gasteiger partial charge in [0.2, 0.25) is 10.0 Å². The fourth-order valence-electron chi connectivity index (χ4n) is 1.68. The summed E-state index contributed by atoms with van der Waals surface area (Å²) in [5.41, 5.74) is 0.310. The van der Waals surface area contributed by atoms with Gasteiger partial charge in [-0.3, -0.25) is 0 Å².